The van der Waals surface area contributed by atoms with Crippen LogP contribution in [0.25, 0.3) is 0 Å². The van der Waals surface area contributed by atoms with Crippen LogP contribution in [0, 0.1) is 12.3 Å². The van der Waals surface area contributed by atoms with E-state index < -0.39 is 0 Å². The van der Waals surface area contributed by atoms with Gasteiger partial charge in [-0.2, -0.15) is 0 Å². The number of aromatic nitrogens is 1. The minimum Gasteiger partial charge on any atom is -0.333 e. The molecule has 0 aliphatic heterocycles. The highest BCUT2D eigenvalue weighted by atomic mass is 79.9. The molecule has 0 saturated carbocycles. The molecule has 0 radical (unpaired) electrons. The molecule has 0 aromatic carbocycles. The summed E-state index contributed by atoms with van der Waals surface area (Å²) in [5.74, 6) is 2.46. The Bertz CT molecular complexity index is 308. The Balaban J connectivity index is 3.03. The minimum absolute atomic E-state index is 0.430. The summed E-state index contributed by atoms with van der Waals surface area (Å²) in [7, 11) is 0. The zero-order chi connectivity index (χ0) is 8.27. The smallest absolute Gasteiger partial charge is 0.166 e. The van der Waals surface area contributed by atoms with Gasteiger partial charge in [0.25, 0.3) is 0 Å². The molecule has 0 aliphatic carbocycles. The van der Waals surface area contributed by atoms with Crippen LogP contribution >= 0.6 is 15.9 Å². The number of halogens is 1. The van der Waals surface area contributed by atoms with Crippen molar-refractivity contribution in [2.75, 3.05) is 0 Å². The van der Waals surface area contributed by atoms with Crippen LogP contribution < -0.4 is 0 Å². The maximum atomic E-state index is 10.4. The summed E-state index contributed by atoms with van der Waals surface area (Å²) in [6.07, 6.45) is 7.65. The van der Waals surface area contributed by atoms with Crippen molar-refractivity contribution in [1.29, 1.82) is 0 Å². The van der Waals surface area contributed by atoms with Crippen LogP contribution in [0.4, 0.5) is 0 Å². The maximum Gasteiger partial charge on any atom is 0.166 e. The van der Waals surface area contributed by atoms with Crippen molar-refractivity contribution in [3.8, 4) is 12.3 Å². The zero-order valence-corrected chi connectivity index (χ0v) is 7.34. The quantitative estimate of drug-likeness (QED) is 0.540. The molecule has 1 aromatic heterocycles. The van der Waals surface area contributed by atoms with E-state index in [9.17, 15) is 4.79 Å². The lowest BCUT2D eigenvalue weighted by Gasteiger charge is -1.95. The molecule has 0 fully saturated rings. The van der Waals surface area contributed by atoms with E-state index in [2.05, 4.69) is 21.9 Å². The van der Waals surface area contributed by atoms with Gasteiger partial charge < -0.3 is 4.57 Å². The van der Waals surface area contributed by atoms with E-state index in [1.807, 2.05) is 0 Å². The van der Waals surface area contributed by atoms with Crippen molar-refractivity contribution < 1.29 is 4.79 Å². The fraction of sp³-hybridized carbons (Fsp3) is 0.125. The predicted octanol–water partition coefficient (Wildman–Crippen LogP) is 1.70. The van der Waals surface area contributed by atoms with E-state index in [1.54, 1.807) is 16.8 Å². The minimum atomic E-state index is 0.430. The summed E-state index contributed by atoms with van der Waals surface area (Å²) in [5, 5.41) is 0. The molecule has 1 aromatic rings. The molecule has 0 N–H and O–H groups in total. The first-order valence-corrected chi connectivity index (χ1v) is 3.81. The lowest BCUT2D eigenvalue weighted by atomic mass is 10.5. The van der Waals surface area contributed by atoms with Crippen LogP contribution in [0.3, 0.4) is 0 Å². The second-order valence-electron chi connectivity index (χ2n) is 2.03. The molecule has 0 aliphatic rings. The number of hydrogen-bond acceptors (Lipinski definition) is 1. The van der Waals surface area contributed by atoms with Gasteiger partial charge >= 0.3 is 0 Å². The highest BCUT2D eigenvalue weighted by Gasteiger charge is 2.00. The number of aldehydes is 1. The van der Waals surface area contributed by atoms with Crippen molar-refractivity contribution >= 4 is 22.2 Å². The molecule has 0 amide bonds. The van der Waals surface area contributed by atoms with Crippen LogP contribution in [0.5, 0.6) is 0 Å². The summed E-state index contributed by atoms with van der Waals surface area (Å²) >= 11 is 3.25. The Kier molecular flexibility index (Phi) is 2.50. The van der Waals surface area contributed by atoms with Gasteiger partial charge in [-0.3, -0.25) is 4.79 Å². The average molecular weight is 212 g/mol. The van der Waals surface area contributed by atoms with Crippen molar-refractivity contribution in [3.63, 3.8) is 0 Å². The third-order valence-electron chi connectivity index (χ3n) is 1.28. The van der Waals surface area contributed by atoms with Crippen LogP contribution in [0.1, 0.15) is 10.5 Å². The van der Waals surface area contributed by atoms with Crippen LogP contribution in [0.2, 0.25) is 0 Å². The fourth-order valence-corrected chi connectivity index (χ4v) is 1.30. The van der Waals surface area contributed by atoms with Gasteiger partial charge in [-0.05, 0) is 22.0 Å². The van der Waals surface area contributed by atoms with Gasteiger partial charge in [-0.1, -0.05) is 5.92 Å². The standard InChI is InChI=1S/C8H6BrNO/c1-2-3-10-5-7(9)4-8(10)6-11/h1,4-6H,3H2. The van der Waals surface area contributed by atoms with Gasteiger partial charge in [0.05, 0.1) is 12.2 Å². The van der Waals surface area contributed by atoms with Gasteiger partial charge in [-0.15, -0.1) is 6.42 Å². The maximum absolute atomic E-state index is 10.4. The second kappa shape index (κ2) is 3.40. The number of terminal acetylenes is 1. The normalized spacial score (nSPS) is 9.09. The lowest BCUT2D eigenvalue weighted by molar-refractivity contribution is 0.111. The highest BCUT2D eigenvalue weighted by molar-refractivity contribution is 9.10. The Hall–Kier alpha value is -1.01. The first-order valence-electron chi connectivity index (χ1n) is 3.02. The van der Waals surface area contributed by atoms with Crippen molar-refractivity contribution in [1.82, 2.24) is 4.57 Å². The van der Waals surface area contributed by atoms with Gasteiger partial charge in [-0.25, -0.2) is 0 Å². The van der Waals surface area contributed by atoms with E-state index in [0.717, 1.165) is 10.8 Å². The van der Waals surface area contributed by atoms with Gasteiger partial charge in [0.15, 0.2) is 6.29 Å². The topological polar surface area (TPSA) is 22.0 Å². The second-order valence-corrected chi connectivity index (χ2v) is 2.95. The van der Waals surface area contributed by atoms with Crippen LogP contribution in [0.15, 0.2) is 16.7 Å². The van der Waals surface area contributed by atoms with Gasteiger partial charge in [0.1, 0.15) is 0 Å². The van der Waals surface area contributed by atoms with Crippen molar-refractivity contribution in [2.24, 2.45) is 0 Å². The molecule has 3 heteroatoms. The van der Waals surface area contributed by atoms with E-state index >= 15 is 0 Å². The molecule has 56 valence electrons. The van der Waals surface area contributed by atoms with Gasteiger partial charge in [0.2, 0.25) is 0 Å². The van der Waals surface area contributed by atoms with E-state index in [0.29, 0.717) is 12.2 Å². The zero-order valence-electron chi connectivity index (χ0n) is 5.75. The summed E-state index contributed by atoms with van der Waals surface area (Å²) < 4.78 is 2.58. The molecule has 1 heterocycles. The fourth-order valence-electron chi connectivity index (χ4n) is 0.822. The summed E-state index contributed by atoms with van der Waals surface area (Å²) in [5.41, 5.74) is 0.592. The van der Waals surface area contributed by atoms with Crippen molar-refractivity contribution in [3.05, 3.63) is 22.4 Å². The molecule has 0 spiro atoms. The summed E-state index contributed by atoms with van der Waals surface area (Å²) in [4.78, 5) is 10.4. The number of hydrogen-bond donors (Lipinski definition) is 0. The van der Waals surface area contributed by atoms with Crippen molar-refractivity contribution in [2.45, 2.75) is 6.54 Å². The van der Waals surface area contributed by atoms with Crippen LogP contribution in [-0.2, 0) is 6.54 Å². The first kappa shape index (κ1) is 8.09. The lowest BCUT2D eigenvalue weighted by Crippen LogP contribution is -1.97. The Morgan fingerprint density at radius 3 is 3.09 bits per heavy atom. The number of carbonyl (C=O) groups is 1. The SMILES string of the molecule is C#CCn1cc(Br)cc1C=O. The molecule has 0 atom stereocenters. The van der Waals surface area contributed by atoms with Gasteiger partial charge in [0, 0.05) is 10.7 Å². The number of carbonyl (C=O) groups excluding carboxylic acids is 1. The third-order valence-corrected chi connectivity index (χ3v) is 1.71. The third kappa shape index (κ3) is 1.72. The largest absolute Gasteiger partial charge is 0.333 e. The molecule has 1 rings (SSSR count). The molecule has 0 unspecified atom stereocenters. The van der Waals surface area contributed by atoms with E-state index in [1.165, 1.54) is 0 Å². The summed E-state index contributed by atoms with van der Waals surface area (Å²) in [6.45, 7) is 0.430. The van der Waals surface area contributed by atoms with E-state index in [-0.39, 0.29) is 0 Å². The first-order chi connectivity index (χ1) is 5.27. The summed E-state index contributed by atoms with van der Waals surface area (Å²) in [6, 6.07) is 1.73. The predicted molar refractivity (Wildman–Crippen MR) is 46.4 cm³/mol. The Morgan fingerprint density at radius 1 is 1.82 bits per heavy atom. The number of nitrogens with zero attached hydrogens (tertiary/aromatic N) is 1. The average Bonchev–Trinajstić information content (AvgIpc) is 2.32. The Morgan fingerprint density at radius 2 is 2.55 bits per heavy atom. The Labute approximate surface area is 73.3 Å². The molecule has 0 saturated heterocycles. The number of rotatable bonds is 2. The van der Waals surface area contributed by atoms with Crippen LogP contribution in [-0.4, -0.2) is 10.9 Å². The monoisotopic (exact) mass is 211 g/mol. The van der Waals surface area contributed by atoms with E-state index in [4.69, 9.17) is 6.42 Å². The molecular formula is C8H6BrNO. The molecule has 0 bridgehead atoms. The molecule has 11 heavy (non-hydrogen) atoms. The molecular weight excluding hydrogens is 206 g/mol. The highest BCUT2D eigenvalue weighted by Crippen LogP contribution is 2.12. The molecule has 2 nitrogen and oxygen atoms in total.